The maximum Gasteiger partial charge on any atom is 0.294 e. The molecule has 0 spiro atoms. The van der Waals surface area contributed by atoms with Gasteiger partial charge in [-0.15, -0.1) is 0 Å². The summed E-state index contributed by atoms with van der Waals surface area (Å²) in [4.78, 5) is 32.0. The highest BCUT2D eigenvalue weighted by molar-refractivity contribution is 6.17. The van der Waals surface area contributed by atoms with Gasteiger partial charge in [-0.2, -0.15) is 0 Å². The first-order chi connectivity index (χ1) is 17.0. The van der Waals surface area contributed by atoms with Gasteiger partial charge in [0.1, 0.15) is 0 Å². The summed E-state index contributed by atoms with van der Waals surface area (Å²) in [5, 5.41) is 12.0. The summed E-state index contributed by atoms with van der Waals surface area (Å²) in [6.45, 7) is 4.02. The lowest BCUT2D eigenvalue weighted by molar-refractivity contribution is -0.118. The number of aliphatic hydroxyl groups excluding tert-OH is 1. The molecule has 0 fully saturated rings. The smallest absolute Gasteiger partial charge is 0.294 e. The number of hydrogen-bond acceptors (Lipinski definition) is 3. The Morgan fingerprint density at radius 3 is 2.34 bits per heavy atom. The predicted molar refractivity (Wildman–Crippen MR) is 139 cm³/mol. The molecule has 1 aliphatic rings. The van der Waals surface area contributed by atoms with E-state index in [0.29, 0.717) is 12.1 Å². The first kappa shape index (κ1) is 22.7. The van der Waals surface area contributed by atoms with Gasteiger partial charge in [-0.3, -0.25) is 14.5 Å². The van der Waals surface area contributed by atoms with Crippen LogP contribution in [0.25, 0.3) is 10.9 Å². The number of nitrogens with zero attached hydrogens (tertiary/aromatic N) is 1. The Labute approximate surface area is 204 Å². The maximum atomic E-state index is 13.6. The Hall–Kier alpha value is -4.12. The average Bonchev–Trinajstić information content (AvgIpc) is 3.35. The molecule has 4 aromatic rings. The number of aromatic amines is 1. The summed E-state index contributed by atoms with van der Waals surface area (Å²) in [5.74, 6) is -1.23. The quantitative estimate of drug-likeness (QED) is 0.345. The molecule has 1 atom stereocenters. The van der Waals surface area contributed by atoms with Crippen molar-refractivity contribution in [2.75, 3.05) is 4.90 Å². The number of para-hydroxylation sites is 1. The van der Waals surface area contributed by atoms with Gasteiger partial charge in [0, 0.05) is 34.3 Å². The van der Waals surface area contributed by atoms with Gasteiger partial charge in [0.15, 0.2) is 11.5 Å². The SMILES string of the molecule is CCc1ccc(N2C(=O)C(O)=C(C(=O)CCc3ccccc3)C2c2c(C)[nH]c3ccccc23)cc1. The summed E-state index contributed by atoms with van der Waals surface area (Å²) >= 11 is 0. The lowest BCUT2D eigenvalue weighted by Gasteiger charge is -2.27. The number of carbonyl (C=O) groups excluding carboxylic acids is 2. The molecular formula is C30H28N2O3. The second kappa shape index (κ2) is 9.26. The number of amides is 1. The first-order valence-electron chi connectivity index (χ1n) is 12.0. The number of Topliss-reactive ketones (excluding diaryl/α,β-unsaturated/α-hetero) is 1. The Morgan fingerprint density at radius 2 is 1.63 bits per heavy atom. The van der Waals surface area contributed by atoms with Crippen molar-refractivity contribution in [1.82, 2.24) is 4.98 Å². The van der Waals surface area contributed by atoms with Crippen LogP contribution in [0.5, 0.6) is 0 Å². The fourth-order valence-corrected chi connectivity index (χ4v) is 5.01. The second-order valence-electron chi connectivity index (χ2n) is 8.98. The molecule has 5 nitrogen and oxygen atoms in total. The number of aryl methyl sites for hydroxylation is 3. The van der Waals surface area contributed by atoms with Crippen molar-refractivity contribution in [3.05, 3.63) is 113 Å². The number of fused-ring (bicyclic) bond motifs is 1. The molecule has 0 aliphatic carbocycles. The van der Waals surface area contributed by atoms with Crippen LogP contribution in [-0.2, 0) is 22.4 Å². The van der Waals surface area contributed by atoms with Crippen molar-refractivity contribution in [1.29, 1.82) is 0 Å². The molecule has 0 radical (unpaired) electrons. The van der Waals surface area contributed by atoms with E-state index >= 15 is 0 Å². The van der Waals surface area contributed by atoms with E-state index in [0.717, 1.165) is 39.7 Å². The molecule has 1 aromatic heterocycles. The van der Waals surface area contributed by atoms with Gasteiger partial charge in [-0.05, 0) is 49.1 Å². The zero-order valence-electron chi connectivity index (χ0n) is 19.9. The van der Waals surface area contributed by atoms with Crippen molar-refractivity contribution in [3.8, 4) is 0 Å². The van der Waals surface area contributed by atoms with Crippen LogP contribution in [0.3, 0.4) is 0 Å². The third-order valence-electron chi connectivity index (χ3n) is 6.83. The Morgan fingerprint density at radius 1 is 0.943 bits per heavy atom. The monoisotopic (exact) mass is 464 g/mol. The summed E-state index contributed by atoms with van der Waals surface area (Å²) < 4.78 is 0. The van der Waals surface area contributed by atoms with Crippen LogP contribution < -0.4 is 4.90 Å². The molecule has 5 heteroatoms. The van der Waals surface area contributed by atoms with E-state index in [-0.39, 0.29) is 17.8 Å². The van der Waals surface area contributed by atoms with Crippen molar-refractivity contribution in [2.45, 2.75) is 39.2 Å². The Balaban J connectivity index is 1.61. The van der Waals surface area contributed by atoms with Crippen molar-refractivity contribution < 1.29 is 14.7 Å². The number of H-pyrrole nitrogens is 1. The van der Waals surface area contributed by atoms with Crippen molar-refractivity contribution in [2.24, 2.45) is 0 Å². The van der Waals surface area contributed by atoms with Crippen LogP contribution in [0.15, 0.2) is 90.2 Å². The number of ketones is 1. The number of aliphatic hydroxyl groups is 1. The van der Waals surface area contributed by atoms with Gasteiger partial charge in [0.25, 0.3) is 5.91 Å². The van der Waals surface area contributed by atoms with E-state index in [1.54, 1.807) is 4.90 Å². The van der Waals surface area contributed by atoms with Gasteiger partial charge >= 0.3 is 0 Å². The number of benzene rings is 3. The standard InChI is InChI=1S/C30H28N2O3/c1-3-20-13-16-22(17-14-20)32-28(26-19(2)31-24-12-8-7-11-23(24)26)27(29(34)30(32)35)25(33)18-15-21-9-5-4-6-10-21/h4-14,16-17,28,31,34H,3,15,18H2,1-2H3. The predicted octanol–water partition coefficient (Wildman–Crippen LogP) is 6.14. The number of hydrogen-bond donors (Lipinski definition) is 2. The fourth-order valence-electron chi connectivity index (χ4n) is 5.01. The minimum absolute atomic E-state index is 0.165. The lowest BCUT2D eigenvalue weighted by atomic mass is 9.91. The Kier molecular flexibility index (Phi) is 6.00. The summed E-state index contributed by atoms with van der Waals surface area (Å²) in [6.07, 6.45) is 1.62. The minimum atomic E-state index is -0.714. The first-order valence-corrected chi connectivity index (χ1v) is 12.0. The summed E-state index contributed by atoms with van der Waals surface area (Å²) in [5.41, 5.74) is 5.63. The van der Waals surface area contributed by atoms with Gasteiger partial charge in [0.2, 0.25) is 0 Å². The van der Waals surface area contributed by atoms with Gasteiger partial charge in [0.05, 0.1) is 11.6 Å². The van der Waals surface area contributed by atoms with E-state index in [2.05, 4.69) is 11.9 Å². The number of anilines is 1. The van der Waals surface area contributed by atoms with Crippen molar-refractivity contribution >= 4 is 28.3 Å². The van der Waals surface area contributed by atoms with Gasteiger partial charge in [-0.25, -0.2) is 0 Å². The fraction of sp³-hybridized carbons (Fsp3) is 0.200. The number of nitrogens with one attached hydrogen (secondary N) is 1. The molecule has 1 unspecified atom stereocenters. The van der Waals surface area contributed by atoms with Crippen LogP contribution in [0.1, 0.15) is 41.8 Å². The third kappa shape index (κ3) is 4.03. The number of carbonyl (C=O) groups is 2. The molecule has 0 saturated heterocycles. The highest BCUT2D eigenvalue weighted by atomic mass is 16.3. The number of aromatic nitrogens is 1. The van der Waals surface area contributed by atoms with Crippen LogP contribution in [0.4, 0.5) is 5.69 Å². The number of rotatable bonds is 7. The molecular weight excluding hydrogens is 436 g/mol. The van der Waals surface area contributed by atoms with Gasteiger partial charge in [-0.1, -0.05) is 67.6 Å². The minimum Gasteiger partial charge on any atom is -0.503 e. The van der Waals surface area contributed by atoms with E-state index in [1.807, 2.05) is 85.8 Å². The zero-order valence-corrected chi connectivity index (χ0v) is 19.9. The van der Waals surface area contributed by atoms with E-state index in [1.165, 1.54) is 0 Å². The van der Waals surface area contributed by atoms with Crippen LogP contribution in [0.2, 0.25) is 0 Å². The lowest BCUT2D eigenvalue weighted by Crippen LogP contribution is -2.31. The summed E-state index contributed by atoms with van der Waals surface area (Å²) in [6, 6.07) is 24.6. The molecule has 1 aliphatic heterocycles. The molecule has 2 heterocycles. The third-order valence-corrected chi connectivity index (χ3v) is 6.83. The molecule has 176 valence electrons. The molecule has 3 aromatic carbocycles. The maximum absolute atomic E-state index is 13.6. The molecule has 5 rings (SSSR count). The molecule has 0 bridgehead atoms. The van der Waals surface area contributed by atoms with Crippen molar-refractivity contribution in [3.63, 3.8) is 0 Å². The summed E-state index contributed by atoms with van der Waals surface area (Å²) in [7, 11) is 0. The largest absolute Gasteiger partial charge is 0.503 e. The normalized spacial score (nSPS) is 15.9. The van der Waals surface area contributed by atoms with Gasteiger partial charge < -0.3 is 10.1 Å². The van der Waals surface area contributed by atoms with E-state index in [4.69, 9.17) is 0 Å². The highest BCUT2D eigenvalue weighted by Crippen LogP contribution is 2.45. The van der Waals surface area contributed by atoms with E-state index in [9.17, 15) is 14.7 Å². The average molecular weight is 465 g/mol. The molecule has 0 saturated carbocycles. The van der Waals surface area contributed by atoms with Crippen LogP contribution in [-0.4, -0.2) is 21.8 Å². The van der Waals surface area contributed by atoms with Crippen LogP contribution in [0, 0.1) is 6.92 Å². The molecule has 2 N–H and O–H groups in total. The second-order valence-corrected chi connectivity index (χ2v) is 8.98. The molecule has 35 heavy (non-hydrogen) atoms. The topological polar surface area (TPSA) is 73.4 Å². The van der Waals surface area contributed by atoms with Crippen LogP contribution >= 0.6 is 0 Å². The Bertz CT molecular complexity index is 1430. The van der Waals surface area contributed by atoms with E-state index < -0.39 is 17.7 Å². The zero-order chi connectivity index (χ0) is 24.5. The molecule has 1 amide bonds. The highest BCUT2D eigenvalue weighted by Gasteiger charge is 2.45.